The molecule has 1 saturated heterocycles. The molecule has 8 heteroatoms. The number of aryl methyl sites for hydroxylation is 1. The smallest absolute Gasteiger partial charge is 0.240 e. The van der Waals surface area contributed by atoms with Crippen molar-refractivity contribution in [3.8, 4) is 22.6 Å². The number of fused-ring (bicyclic) bond motifs is 1. The first-order valence-corrected chi connectivity index (χ1v) is 14.6. The molecule has 38 heavy (non-hydrogen) atoms. The summed E-state index contributed by atoms with van der Waals surface area (Å²) in [5.41, 5.74) is 4.43. The average Bonchev–Trinajstić information content (AvgIpc) is 3.32. The highest BCUT2D eigenvalue weighted by Gasteiger charge is 2.50. The van der Waals surface area contributed by atoms with Gasteiger partial charge in [0.2, 0.25) is 16.8 Å². The van der Waals surface area contributed by atoms with Gasteiger partial charge in [0.05, 0.1) is 16.4 Å². The lowest BCUT2D eigenvalue weighted by Gasteiger charge is -2.16. The minimum Gasteiger partial charge on any atom is -0.454 e. The Morgan fingerprint density at radius 3 is 2.53 bits per heavy atom. The number of carbonyl (C=O) groups excluding carboxylic acids is 1. The Morgan fingerprint density at radius 1 is 1.00 bits per heavy atom. The van der Waals surface area contributed by atoms with Gasteiger partial charge in [-0.1, -0.05) is 36.4 Å². The Kier molecular flexibility index (Phi) is 6.50. The summed E-state index contributed by atoms with van der Waals surface area (Å²) in [4.78, 5) is 13.7. The van der Waals surface area contributed by atoms with Crippen molar-refractivity contribution in [1.29, 1.82) is 0 Å². The van der Waals surface area contributed by atoms with E-state index in [1.54, 1.807) is 12.1 Å². The molecule has 1 saturated carbocycles. The van der Waals surface area contributed by atoms with Gasteiger partial charge in [0.15, 0.2) is 11.5 Å². The van der Waals surface area contributed by atoms with Crippen LogP contribution in [0.1, 0.15) is 42.4 Å². The van der Waals surface area contributed by atoms with Crippen molar-refractivity contribution in [1.82, 2.24) is 4.72 Å². The zero-order chi connectivity index (χ0) is 26.3. The topological polar surface area (TPSA) is 90.9 Å². The van der Waals surface area contributed by atoms with E-state index in [0.717, 1.165) is 59.3 Å². The Bertz CT molecular complexity index is 1470. The van der Waals surface area contributed by atoms with Crippen LogP contribution in [-0.2, 0) is 31.4 Å². The van der Waals surface area contributed by atoms with Gasteiger partial charge in [-0.3, -0.25) is 4.79 Å². The van der Waals surface area contributed by atoms with E-state index in [1.807, 2.05) is 55.5 Å². The van der Waals surface area contributed by atoms with Crippen molar-refractivity contribution < 1.29 is 27.4 Å². The Labute approximate surface area is 223 Å². The first kappa shape index (κ1) is 25.1. The number of sulfonamides is 1. The van der Waals surface area contributed by atoms with Crippen LogP contribution in [0.3, 0.4) is 0 Å². The predicted molar refractivity (Wildman–Crippen MR) is 143 cm³/mol. The standard InChI is InChI=1S/C30H31NO6S/c1-20-4-5-21(16-29(32)30(12-13-30)23-8-11-27-28(17-23)37-19-36-27)15-26(20)22-6-9-25(10-7-22)38(33,34)31-18-24-3-2-14-35-24/h4-11,15,17,24,31H,2-3,12-14,16,18-19H2,1H3/t24-/m1/s1. The van der Waals surface area contributed by atoms with Gasteiger partial charge in [-0.15, -0.1) is 0 Å². The number of ketones is 1. The molecule has 2 heterocycles. The molecule has 1 aliphatic carbocycles. The summed E-state index contributed by atoms with van der Waals surface area (Å²) < 4.78 is 44.6. The van der Waals surface area contributed by atoms with Crippen molar-refractivity contribution in [3.05, 3.63) is 77.4 Å². The van der Waals surface area contributed by atoms with Gasteiger partial charge in [0.25, 0.3) is 0 Å². The lowest BCUT2D eigenvalue weighted by Crippen LogP contribution is -2.31. The van der Waals surface area contributed by atoms with Crippen molar-refractivity contribution >= 4 is 15.8 Å². The lowest BCUT2D eigenvalue weighted by molar-refractivity contribution is -0.120. The number of carbonyl (C=O) groups is 1. The van der Waals surface area contributed by atoms with Crippen LogP contribution in [-0.4, -0.2) is 40.2 Å². The van der Waals surface area contributed by atoms with Crippen molar-refractivity contribution in [2.45, 2.75) is 55.4 Å². The molecule has 2 aliphatic heterocycles. The monoisotopic (exact) mass is 533 g/mol. The molecule has 2 fully saturated rings. The zero-order valence-corrected chi connectivity index (χ0v) is 22.2. The third kappa shape index (κ3) is 4.84. The van der Waals surface area contributed by atoms with E-state index >= 15 is 0 Å². The second-order valence-corrected chi connectivity index (χ2v) is 12.2. The SMILES string of the molecule is Cc1ccc(CC(=O)C2(c3ccc4c(c3)OCO4)CC2)cc1-c1ccc(S(=O)(=O)NC[C@H]2CCCO2)cc1. The van der Waals surface area contributed by atoms with Crippen molar-refractivity contribution in [2.75, 3.05) is 19.9 Å². The normalized spacial score (nSPS) is 19.4. The van der Waals surface area contributed by atoms with Crippen LogP contribution in [0.15, 0.2) is 65.6 Å². The van der Waals surface area contributed by atoms with Crippen molar-refractivity contribution in [2.24, 2.45) is 0 Å². The van der Waals surface area contributed by atoms with E-state index in [0.29, 0.717) is 18.8 Å². The Hall–Kier alpha value is -3.20. The maximum absolute atomic E-state index is 13.5. The molecule has 3 aliphatic rings. The van der Waals surface area contributed by atoms with E-state index in [9.17, 15) is 13.2 Å². The molecule has 0 aromatic heterocycles. The summed E-state index contributed by atoms with van der Waals surface area (Å²) in [6.45, 7) is 3.20. The third-order valence-electron chi connectivity index (χ3n) is 7.88. The number of ether oxygens (including phenoxy) is 3. The number of hydrogen-bond donors (Lipinski definition) is 1. The van der Waals surface area contributed by atoms with E-state index in [4.69, 9.17) is 14.2 Å². The van der Waals surface area contributed by atoms with Crippen molar-refractivity contribution in [3.63, 3.8) is 0 Å². The maximum atomic E-state index is 13.5. The molecular formula is C30H31NO6S. The molecule has 1 N–H and O–H groups in total. The largest absolute Gasteiger partial charge is 0.454 e. The van der Waals surface area contributed by atoms with Crippen LogP contribution in [0.5, 0.6) is 11.5 Å². The first-order chi connectivity index (χ1) is 18.3. The predicted octanol–water partition coefficient (Wildman–Crippen LogP) is 4.69. The van der Waals surface area contributed by atoms with E-state index < -0.39 is 15.4 Å². The molecule has 7 nitrogen and oxygen atoms in total. The minimum absolute atomic E-state index is 0.0584. The van der Waals surface area contributed by atoms with Gasteiger partial charge in [-0.25, -0.2) is 13.1 Å². The highest BCUT2D eigenvalue weighted by Crippen LogP contribution is 2.51. The van der Waals surface area contributed by atoms with Gasteiger partial charge < -0.3 is 14.2 Å². The van der Waals surface area contributed by atoms with Gasteiger partial charge in [-0.05, 0) is 84.7 Å². The van der Waals surface area contributed by atoms with Crippen LogP contribution in [0, 0.1) is 6.92 Å². The molecule has 3 aromatic rings. The Morgan fingerprint density at radius 2 is 1.79 bits per heavy atom. The molecule has 6 rings (SSSR count). The average molecular weight is 534 g/mol. The Balaban J connectivity index is 1.17. The number of Topliss-reactive ketones (excluding diaryl/α,β-unsaturated/α-hetero) is 1. The molecule has 0 spiro atoms. The van der Waals surface area contributed by atoms with E-state index in [-0.39, 0.29) is 30.1 Å². The number of nitrogens with one attached hydrogen (secondary N) is 1. The van der Waals surface area contributed by atoms with Crippen LogP contribution < -0.4 is 14.2 Å². The van der Waals surface area contributed by atoms with Gasteiger partial charge in [-0.2, -0.15) is 0 Å². The molecule has 0 amide bonds. The third-order valence-corrected chi connectivity index (χ3v) is 9.32. The van der Waals surface area contributed by atoms with Gasteiger partial charge in [0, 0.05) is 19.6 Å². The second kappa shape index (κ2) is 9.84. The van der Waals surface area contributed by atoms with E-state index in [2.05, 4.69) is 4.72 Å². The number of hydrogen-bond acceptors (Lipinski definition) is 6. The number of rotatable bonds is 9. The zero-order valence-electron chi connectivity index (χ0n) is 21.4. The maximum Gasteiger partial charge on any atom is 0.240 e. The highest BCUT2D eigenvalue weighted by atomic mass is 32.2. The van der Waals surface area contributed by atoms with Crippen LogP contribution >= 0.6 is 0 Å². The van der Waals surface area contributed by atoms with E-state index in [1.165, 1.54) is 0 Å². The fourth-order valence-corrected chi connectivity index (χ4v) is 6.46. The van der Waals surface area contributed by atoms with Crippen LogP contribution in [0.2, 0.25) is 0 Å². The summed E-state index contributed by atoms with van der Waals surface area (Å²) in [5.74, 6) is 1.62. The van der Waals surface area contributed by atoms with Gasteiger partial charge >= 0.3 is 0 Å². The molecular weight excluding hydrogens is 502 g/mol. The molecule has 0 bridgehead atoms. The summed E-state index contributed by atoms with van der Waals surface area (Å²) in [6.07, 6.45) is 3.78. The minimum atomic E-state index is -3.61. The fourth-order valence-electron chi connectivity index (χ4n) is 5.40. The number of benzene rings is 3. The fraction of sp³-hybridized carbons (Fsp3) is 0.367. The quantitative estimate of drug-likeness (QED) is 0.429. The summed E-state index contributed by atoms with van der Waals surface area (Å²) in [7, 11) is -3.61. The lowest BCUT2D eigenvalue weighted by atomic mass is 9.87. The molecule has 198 valence electrons. The second-order valence-electron chi connectivity index (χ2n) is 10.4. The van der Waals surface area contributed by atoms with Gasteiger partial charge in [0.1, 0.15) is 5.78 Å². The summed E-state index contributed by atoms with van der Waals surface area (Å²) in [5, 5.41) is 0. The summed E-state index contributed by atoms with van der Waals surface area (Å²) in [6, 6.07) is 18.8. The van der Waals surface area contributed by atoms with Crippen LogP contribution in [0.4, 0.5) is 0 Å². The molecule has 1 atom stereocenters. The highest BCUT2D eigenvalue weighted by molar-refractivity contribution is 7.89. The van der Waals surface area contributed by atoms with Crippen LogP contribution in [0.25, 0.3) is 11.1 Å². The molecule has 3 aromatic carbocycles. The first-order valence-electron chi connectivity index (χ1n) is 13.1. The molecule has 0 radical (unpaired) electrons. The summed E-state index contributed by atoms with van der Waals surface area (Å²) >= 11 is 0. The molecule has 0 unspecified atom stereocenters.